The smallest absolute Gasteiger partial charge is 0.270 e. The predicted molar refractivity (Wildman–Crippen MR) is 139 cm³/mol. The van der Waals surface area contributed by atoms with Crippen LogP contribution in [-0.2, 0) is 14.4 Å². The highest BCUT2D eigenvalue weighted by Gasteiger charge is 2.34. The molecule has 35 heavy (non-hydrogen) atoms. The molecule has 8 heteroatoms. The maximum atomic E-state index is 13.1. The molecule has 4 rings (SSSR count). The first kappa shape index (κ1) is 23.8. The second-order valence-corrected chi connectivity index (χ2v) is 8.34. The summed E-state index contributed by atoms with van der Waals surface area (Å²) in [5.41, 5.74) is 3.87. The highest BCUT2D eigenvalue weighted by atomic mass is 32.1. The number of thiocarbonyl (C=S) groups is 1. The maximum Gasteiger partial charge on any atom is 0.270 e. The molecule has 1 saturated heterocycles. The fourth-order valence-corrected chi connectivity index (χ4v) is 3.83. The molecule has 0 aromatic heterocycles. The molecule has 3 aromatic rings. The van der Waals surface area contributed by atoms with Crippen LogP contribution in [0, 0.1) is 13.8 Å². The first-order chi connectivity index (χ1) is 16.8. The molecule has 0 bridgehead atoms. The van der Waals surface area contributed by atoms with Crippen LogP contribution in [0.5, 0.6) is 5.75 Å². The molecule has 1 fully saturated rings. The van der Waals surface area contributed by atoms with Crippen molar-refractivity contribution in [2.75, 3.05) is 16.8 Å². The topological polar surface area (TPSA) is 87.7 Å². The Morgan fingerprint density at radius 1 is 1.03 bits per heavy atom. The van der Waals surface area contributed by atoms with Crippen molar-refractivity contribution in [2.45, 2.75) is 13.8 Å². The zero-order chi connectivity index (χ0) is 24.9. The van der Waals surface area contributed by atoms with Gasteiger partial charge in [0, 0.05) is 5.69 Å². The lowest BCUT2D eigenvalue weighted by atomic mass is 10.1. The van der Waals surface area contributed by atoms with Crippen LogP contribution in [0.1, 0.15) is 16.7 Å². The average molecular weight is 486 g/mol. The van der Waals surface area contributed by atoms with E-state index in [1.54, 1.807) is 48.5 Å². The van der Waals surface area contributed by atoms with Gasteiger partial charge in [0.05, 0.1) is 5.69 Å². The summed E-state index contributed by atoms with van der Waals surface area (Å²) in [6.07, 6.45) is 1.47. The molecule has 0 spiro atoms. The molecule has 0 atom stereocenters. The minimum absolute atomic E-state index is 0.0234. The average Bonchev–Trinajstić information content (AvgIpc) is 2.84. The van der Waals surface area contributed by atoms with Gasteiger partial charge in [-0.2, -0.15) is 0 Å². The van der Waals surface area contributed by atoms with E-state index in [0.29, 0.717) is 17.0 Å². The number of ether oxygens (including phenoxy) is 1. The van der Waals surface area contributed by atoms with E-state index in [-0.39, 0.29) is 23.2 Å². The standard InChI is InChI=1S/C27H23N3O4S/c1-17-8-6-13-23(18(17)2)28-24(31)16-34-21-12-7-9-19(14-21)15-22-25(32)29-27(35)30(26(22)33)20-10-4-3-5-11-20/h3-15H,16H2,1-2H3,(H,28,31)(H,29,32,35)/b22-15-. The quantitative estimate of drug-likeness (QED) is 0.311. The van der Waals surface area contributed by atoms with Gasteiger partial charge >= 0.3 is 0 Å². The maximum absolute atomic E-state index is 13.1. The van der Waals surface area contributed by atoms with Crippen molar-refractivity contribution in [1.29, 1.82) is 0 Å². The number of anilines is 2. The minimum Gasteiger partial charge on any atom is -0.484 e. The molecular weight excluding hydrogens is 462 g/mol. The third kappa shape index (κ3) is 5.44. The van der Waals surface area contributed by atoms with Gasteiger partial charge in [-0.25, -0.2) is 0 Å². The lowest BCUT2D eigenvalue weighted by Gasteiger charge is -2.28. The van der Waals surface area contributed by atoms with E-state index < -0.39 is 11.8 Å². The predicted octanol–water partition coefficient (Wildman–Crippen LogP) is 4.15. The van der Waals surface area contributed by atoms with Crippen molar-refractivity contribution in [3.63, 3.8) is 0 Å². The van der Waals surface area contributed by atoms with Gasteiger partial charge in [-0.05, 0) is 79.2 Å². The monoisotopic (exact) mass is 485 g/mol. The van der Waals surface area contributed by atoms with E-state index in [1.165, 1.54) is 11.0 Å². The zero-order valence-corrected chi connectivity index (χ0v) is 20.0. The Hall–Kier alpha value is -4.30. The van der Waals surface area contributed by atoms with Gasteiger partial charge in [-0.1, -0.05) is 42.5 Å². The summed E-state index contributed by atoms with van der Waals surface area (Å²) in [7, 11) is 0. The lowest BCUT2D eigenvalue weighted by Crippen LogP contribution is -2.54. The Kier molecular flexibility index (Phi) is 7.03. The molecule has 1 aliphatic rings. The lowest BCUT2D eigenvalue weighted by molar-refractivity contribution is -0.122. The van der Waals surface area contributed by atoms with E-state index >= 15 is 0 Å². The second-order valence-electron chi connectivity index (χ2n) is 7.95. The minimum atomic E-state index is -0.577. The zero-order valence-electron chi connectivity index (χ0n) is 19.2. The molecule has 0 saturated carbocycles. The summed E-state index contributed by atoms with van der Waals surface area (Å²) >= 11 is 5.21. The van der Waals surface area contributed by atoms with Crippen LogP contribution in [-0.4, -0.2) is 29.4 Å². The summed E-state index contributed by atoms with van der Waals surface area (Å²) < 4.78 is 5.64. The number of carbonyl (C=O) groups is 3. The molecule has 1 heterocycles. The Morgan fingerprint density at radius 2 is 1.77 bits per heavy atom. The van der Waals surface area contributed by atoms with Gasteiger partial charge in [0.2, 0.25) is 0 Å². The Labute approximate surface area is 208 Å². The highest BCUT2D eigenvalue weighted by Crippen LogP contribution is 2.23. The van der Waals surface area contributed by atoms with Gasteiger partial charge in [0.1, 0.15) is 11.3 Å². The number of rotatable bonds is 6. The fourth-order valence-electron chi connectivity index (χ4n) is 3.55. The normalized spacial score (nSPS) is 14.6. The molecule has 2 N–H and O–H groups in total. The number of carbonyl (C=O) groups excluding carboxylic acids is 3. The van der Waals surface area contributed by atoms with E-state index in [1.807, 2.05) is 38.1 Å². The van der Waals surface area contributed by atoms with Gasteiger partial charge in [0.15, 0.2) is 11.7 Å². The van der Waals surface area contributed by atoms with Gasteiger partial charge < -0.3 is 10.1 Å². The van der Waals surface area contributed by atoms with Crippen LogP contribution < -0.4 is 20.3 Å². The molecule has 0 aliphatic carbocycles. The van der Waals surface area contributed by atoms with Gasteiger partial charge in [-0.3, -0.25) is 24.6 Å². The van der Waals surface area contributed by atoms with E-state index in [9.17, 15) is 14.4 Å². The largest absolute Gasteiger partial charge is 0.484 e. The highest BCUT2D eigenvalue weighted by molar-refractivity contribution is 7.80. The van der Waals surface area contributed by atoms with Crippen LogP contribution >= 0.6 is 12.2 Å². The SMILES string of the molecule is Cc1cccc(NC(=O)COc2cccc(/C=C3/C(=O)NC(=S)N(c4ccccc4)C3=O)c2)c1C. The number of aryl methyl sites for hydroxylation is 1. The number of nitrogens with zero attached hydrogens (tertiary/aromatic N) is 1. The Bertz CT molecular complexity index is 1350. The molecule has 7 nitrogen and oxygen atoms in total. The van der Waals surface area contributed by atoms with Crippen molar-refractivity contribution in [2.24, 2.45) is 0 Å². The molecule has 0 unspecified atom stereocenters. The van der Waals surface area contributed by atoms with Crippen LogP contribution in [0.25, 0.3) is 6.08 Å². The molecule has 176 valence electrons. The van der Waals surface area contributed by atoms with Gasteiger partial charge in [-0.15, -0.1) is 0 Å². The Morgan fingerprint density at radius 3 is 2.54 bits per heavy atom. The van der Waals surface area contributed by atoms with Crippen LogP contribution in [0.2, 0.25) is 0 Å². The van der Waals surface area contributed by atoms with E-state index in [0.717, 1.165) is 16.8 Å². The van der Waals surface area contributed by atoms with Crippen molar-refractivity contribution in [1.82, 2.24) is 5.32 Å². The third-order valence-electron chi connectivity index (χ3n) is 5.53. The molecule has 1 aliphatic heterocycles. The molecular formula is C27H23N3O4S. The number of hydrogen-bond acceptors (Lipinski definition) is 5. The molecule has 0 radical (unpaired) electrons. The van der Waals surface area contributed by atoms with Crippen molar-refractivity contribution in [3.05, 3.63) is 95.1 Å². The van der Waals surface area contributed by atoms with Crippen molar-refractivity contribution >= 4 is 52.5 Å². The fraction of sp³-hybridized carbons (Fsp3) is 0.111. The van der Waals surface area contributed by atoms with Crippen LogP contribution in [0.15, 0.2) is 78.4 Å². The van der Waals surface area contributed by atoms with Crippen molar-refractivity contribution < 1.29 is 19.1 Å². The second kappa shape index (κ2) is 10.3. The number of para-hydroxylation sites is 1. The van der Waals surface area contributed by atoms with E-state index in [4.69, 9.17) is 17.0 Å². The number of benzene rings is 3. The van der Waals surface area contributed by atoms with Crippen LogP contribution in [0.3, 0.4) is 0 Å². The first-order valence-corrected chi connectivity index (χ1v) is 11.3. The number of nitrogens with one attached hydrogen (secondary N) is 2. The summed E-state index contributed by atoms with van der Waals surface area (Å²) in [5.74, 6) is -0.971. The molecule has 3 aromatic carbocycles. The third-order valence-corrected chi connectivity index (χ3v) is 5.82. The summed E-state index contributed by atoms with van der Waals surface area (Å²) in [6, 6.07) is 21.3. The van der Waals surface area contributed by atoms with Crippen LogP contribution in [0.4, 0.5) is 11.4 Å². The first-order valence-electron chi connectivity index (χ1n) is 10.9. The van der Waals surface area contributed by atoms with Crippen molar-refractivity contribution in [3.8, 4) is 5.75 Å². The van der Waals surface area contributed by atoms with E-state index in [2.05, 4.69) is 10.6 Å². The number of hydrogen-bond donors (Lipinski definition) is 2. The number of amides is 3. The summed E-state index contributed by atoms with van der Waals surface area (Å²) in [5, 5.41) is 5.43. The summed E-state index contributed by atoms with van der Waals surface area (Å²) in [6.45, 7) is 3.73. The van der Waals surface area contributed by atoms with Gasteiger partial charge in [0.25, 0.3) is 17.7 Å². The summed E-state index contributed by atoms with van der Waals surface area (Å²) in [4.78, 5) is 39.3. The Balaban J connectivity index is 1.48. The molecule has 3 amide bonds.